The van der Waals surface area contributed by atoms with Crippen molar-refractivity contribution in [2.24, 2.45) is 0 Å². The van der Waals surface area contributed by atoms with Gasteiger partial charge >= 0.3 is 5.97 Å². The maximum atomic E-state index is 12.8. The lowest BCUT2D eigenvalue weighted by atomic mass is 9.50. The van der Waals surface area contributed by atoms with Crippen LogP contribution in [0, 0.1) is 0 Å². The van der Waals surface area contributed by atoms with Crippen LogP contribution in [0.2, 0.25) is 0 Å². The molecule has 1 saturated heterocycles. The molecule has 1 fully saturated rings. The minimum absolute atomic E-state index is 0.0160. The summed E-state index contributed by atoms with van der Waals surface area (Å²) in [6, 6.07) is 12.0. The third-order valence-corrected chi connectivity index (χ3v) is 7.91. The summed E-state index contributed by atoms with van der Waals surface area (Å²) in [4.78, 5) is 15.0. The molecule has 32 heavy (non-hydrogen) atoms. The van der Waals surface area contributed by atoms with Crippen LogP contribution in [0.15, 0.2) is 54.3 Å². The molecule has 2 aromatic carbocycles. The number of likely N-dealkylation sites (tertiary alicyclic amines) is 1. The number of ether oxygens (including phenoxy) is 2. The van der Waals surface area contributed by atoms with Gasteiger partial charge in [-0.3, -0.25) is 0 Å². The van der Waals surface area contributed by atoms with Gasteiger partial charge in [-0.15, -0.1) is 0 Å². The van der Waals surface area contributed by atoms with Gasteiger partial charge in [0.25, 0.3) is 0 Å². The molecule has 0 aromatic heterocycles. The number of esters is 1. The van der Waals surface area contributed by atoms with Crippen molar-refractivity contribution < 1.29 is 29.6 Å². The summed E-state index contributed by atoms with van der Waals surface area (Å²) in [6.45, 7) is 0.745. The second-order valence-corrected chi connectivity index (χ2v) is 9.34. The van der Waals surface area contributed by atoms with Gasteiger partial charge in [-0.05, 0) is 49.7 Å². The highest BCUT2D eigenvalue weighted by atomic mass is 16.6. The number of carbonyl (C=O) groups excluding carboxylic acids is 1. The SMILES string of the molecule is CN1CC[C@]23c4c5ccc(O)c4O[C@H]2C(OC(=O)C(O)c2ccccc2)=CC[C@@]3(O)[C@H]1C5. The minimum Gasteiger partial charge on any atom is -0.504 e. The fourth-order valence-corrected chi connectivity index (χ4v) is 6.38. The van der Waals surface area contributed by atoms with E-state index in [1.54, 1.807) is 42.5 Å². The Morgan fingerprint density at radius 1 is 1.25 bits per heavy atom. The lowest BCUT2D eigenvalue weighted by molar-refractivity contribution is -0.172. The second-order valence-electron chi connectivity index (χ2n) is 9.34. The molecule has 2 heterocycles. The number of nitrogens with zero attached hydrogens (tertiary/aromatic N) is 1. The van der Waals surface area contributed by atoms with E-state index in [1.807, 2.05) is 13.1 Å². The van der Waals surface area contributed by atoms with E-state index in [-0.39, 0.29) is 17.6 Å². The van der Waals surface area contributed by atoms with E-state index in [2.05, 4.69) is 4.90 Å². The van der Waals surface area contributed by atoms with Crippen molar-refractivity contribution in [3.8, 4) is 11.5 Å². The summed E-state index contributed by atoms with van der Waals surface area (Å²) < 4.78 is 12.0. The van der Waals surface area contributed by atoms with Gasteiger partial charge in [0.2, 0.25) is 0 Å². The molecular formula is C25H25NO6. The minimum atomic E-state index is -1.43. The third-order valence-electron chi connectivity index (χ3n) is 7.91. The molecule has 1 unspecified atom stereocenters. The van der Waals surface area contributed by atoms with Crippen molar-refractivity contribution in [3.63, 3.8) is 0 Å². The van der Waals surface area contributed by atoms with Crippen LogP contribution < -0.4 is 4.74 Å². The van der Waals surface area contributed by atoms with Crippen molar-refractivity contribution in [2.75, 3.05) is 13.6 Å². The van der Waals surface area contributed by atoms with E-state index in [1.165, 1.54) is 0 Å². The van der Waals surface area contributed by atoms with Crippen LogP contribution in [-0.4, -0.2) is 57.5 Å². The molecule has 5 atom stereocenters. The van der Waals surface area contributed by atoms with Crippen molar-refractivity contribution in [1.29, 1.82) is 0 Å². The highest BCUT2D eigenvalue weighted by Crippen LogP contribution is 2.65. The first-order valence-electron chi connectivity index (χ1n) is 11.0. The number of hydrogen-bond acceptors (Lipinski definition) is 7. The largest absolute Gasteiger partial charge is 0.504 e. The molecule has 2 bridgehead atoms. The Balaban J connectivity index is 1.43. The van der Waals surface area contributed by atoms with Crippen LogP contribution in [-0.2, 0) is 21.4 Å². The normalized spacial score (nSPS) is 33.0. The topological polar surface area (TPSA) is 99.5 Å². The van der Waals surface area contributed by atoms with Gasteiger partial charge in [0.05, 0.1) is 11.0 Å². The molecular weight excluding hydrogens is 410 g/mol. The van der Waals surface area contributed by atoms with Gasteiger partial charge in [0, 0.05) is 18.0 Å². The van der Waals surface area contributed by atoms with Crippen molar-refractivity contribution in [1.82, 2.24) is 4.90 Å². The van der Waals surface area contributed by atoms with E-state index in [9.17, 15) is 20.1 Å². The molecule has 7 heteroatoms. The lowest BCUT2D eigenvalue weighted by Crippen LogP contribution is -2.74. The first-order valence-corrected chi connectivity index (χ1v) is 11.0. The fraction of sp³-hybridized carbons (Fsp3) is 0.400. The Labute approximate surface area is 185 Å². The Morgan fingerprint density at radius 2 is 2.03 bits per heavy atom. The van der Waals surface area contributed by atoms with Gasteiger partial charge in [0.1, 0.15) is 5.76 Å². The Bertz CT molecular complexity index is 1150. The number of aromatic hydroxyl groups is 1. The third kappa shape index (κ3) is 2.33. The van der Waals surface area contributed by atoms with Crippen LogP contribution in [0.1, 0.15) is 35.6 Å². The molecule has 166 valence electrons. The van der Waals surface area contributed by atoms with Crippen LogP contribution in [0.5, 0.6) is 11.5 Å². The second kappa shape index (κ2) is 6.57. The van der Waals surface area contributed by atoms with Gasteiger partial charge < -0.3 is 29.7 Å². The molecule has 7 nitrogen and oxygen atoms in total. The van der Waals surface area contributed by atoms with E-state index >= 15 is 0 Å². The maximum absolute atomic E-state index is 12.8. The van der Waals surface area contributed by atoms with Crippen LogP contribution in [0.4, 0.5) is 0 Å². The van der Waals surface area contributed by atoms with Crippen molar-refractivity contribution in [3.05, 3.63) is 71.0 Å². The highest BCUT2D eigenvalue weighted by Gasteiger charge is 2.72. The van der Waals surface area contributed by atoms with Gasteiger partial charge in [-0.25, -0.2) is 4.79 Å². The molecule has 6 rings (SSSR count). The zero-order valence-electron chi connectivity index (χ0n) is 17.7. The molecule has 2 aliphatic carbocycles. The van der Waals surface area contributed by atoms with E-state index in [0.717, 1.165) is 17.7 Å². The van der Waals surface area contributed by atoms with Crippen LogP contribution in [0.3, 0.4) is 0 Å². The number of carbonyl (C=O) groups is 1. The lowest BCUT2D eigenvalue weighted by Gasteiger charge is -2.61. The van der Waals surface area contributed by atoms with Crippen LogP contribution in [0.25, 0.3) is 0 Å². The fourth-order valence-electron chi connectivity index (χ4n) is 6.38. The Kier molecular flexibility index (Phi) is 4.06. The monoisotopic (exact) mass is 435 g/mol. The van der Waals surface area contributed by atoms with E-state index in [4.69, 9.17) is 9.47 Å². The number of aliphatic hydroxyl groups excluding tert-OH is 1. The van der Waals surface area contributed by atoms with Gasteiger partial charge in [-0.2, -0.15) is 0 Å². The smallest absolute Gasteiger partial charge is 0.344 e. The summed E-state index contributed by atoms with van der Waals surface area (Å²) in [7, 11) is 2.02. The molecule has 0 amide bonds. The summed E-state index contributed by atoms with van der Waals surface area (Å²) in [6.07, 6.45) is 1.06. The van der Waals surface area contributed by atoms with Gasteiger partial charge in [0.15, 0.2) is 23.7 Å². The number of benzene rings is 2. The number of hydrogen-bond donors (Lipinski definition) is 3. The zero-order chi connectivity index (χ0) is 22.3. The Hall–Kier alpha value is -2.87. The average Bonchev–Trinajstić information content (AvgIpc) is 3.16. The van der Waals surface area contributed by atoms with Crippen molar-refractivity contribution in [2.45, 2.75) is 48.5 Å². The molecule has 2 aliphatic heterocycles. The number of piperidine rings is 1. The molecule has 2 aromatic rings. The molecule has 3 N–H and O–H groups in total. The summed E-state index contributed by atoms with van der Waals surface area (Å²) in [5.74, 6) is -0.140. The quantitative estimate of drug-likeness (QED) is 0.634. The summed E-state index contributed by atoms with van der Waals surface area (Å²) >= 11 is 0. The first-order chi connectivity index (χ1) is 15.4. The molecule has 0 radical (unpaired) electrons. The molecule has 4 aliphatic rings. The average molecular weight is 435 g/mol. The zero-order valence-corrected chi connectivity index (χ0v) is 17.7. The first kappa shape index (κ1) is 19.8. The number of likely N-dealkylation sites (N-methyl/N-ethyl adjacent to an activating group) is 1. The molecule has 0 saturated carbocycles. The highest BCUT2D eigenvalue weighted by molar-refractivity contribution is 5.77. The number of phenolic OH excluding ortho intramolecular Hbond substituents is 1. The standard InChI is InChI=1S/C25H25NO6/c1-26-12-11-24-19-15-7-8-16(27)21(19)32-22(24)17(9-10-25(24,30)18(26)13-15)31-23(29)20(28)14-5-3-2-4-6-14/h2-9,18,20,22,27-28,30H,10-13H2,1H3/t18-,20?,22+,24+,25-/m1/s1. The predicted molar refractivity (Wildman–Crippen MR) is 114 cm³/mol. The Morgan fingerprint density at radius 3 is 2.81 bits per heavy atom. The summed E-state index contributed by atoms with van der Waals surface area (Å²) in [5.41, 5.74) is 0.368. The molecule has 1 spiro atoms. The number of phenols is 1. The predicted octanol–water partition coefficient (Wildman–Crippen LogP) is 1.95. The summed E-state index contributed by atoms with van der Waals surface area (Å²) in [5, 5.41) is 33.1. The van der Waals surface area contributed by atoms with Crippen molar-refractivity contribution >= 4 is 5.97 Å². The number of rotatable bonds is 3. The van der Waals surface area contributed by atoms with Gasteiger partial charge in [-0.1, -0.05) is 36.4 Å². The van der Waals surface area contributed by atoms with Crippen LogP contribution >= 0.6 is 0 Å². The maximum Gasteiger partial charge on any atom is 0.344 e. The van der Waals surface area contributed by atoms with E-state index < -0.39 is 29.2 Å². The number of aliphatic hydroxyl groups is 2. The van der Waals surface area contributed by atoms with E-state index in [0.29, 0.717) is 30.6 Å².